The van der Waals surface area contributed by atoms with E-state index in [0.29, 0.717) is 15.4 Å². The third-order valence-corrected chi connectivity index (χ3v) is 1.97. The number of fused-ring (bicyclic) bond motifs is 1. The molecule has 0 fully saturated rings. The Kier molecular flexibility index (Phi) is 1.78. The Balaban J connectivity index is 2.89. The van der Waals surface area contributed by atoms with Crippen molar-refractivity contribution in [1.82, 2.24) is 4.68 Å². The highest BCUT2D eigenvalue weighted by atomic mass is 16.7. The van der Waals surface area contributed by atoms with Crippen molar-refractivity contribution in [3.63, 3.8) is 0 Å². The summed E-state index contributed by atoms with van der Waals surface area (Å²) < 4.78 is 0.475. The van der Waals surface area contributed by atoms with E-state index in [9.17, 15) is 14.9 Å². The van der Waals surface area contributed by atoms with Crippen LogP contribution in [0.2, 0.25) is 0 Å². The number of nitrogens with zero attached hydrogens (tertiary/aromatic N) is 2. The monoisotopic (exact) mass is 190 g/mol. The molecule has 0 amide bonds. The molecule has 2 rings (SSSR count). The standard InChI is InChI=1S/C9H6N2O3/c12-9-8-4-2-1-3-7(8)5-6-10(9)11(13)14/h1-6H. The Morgan fingerprint density at radius 3 is 2.64 bits per heavy atom. The van der Waals surface area contributed by atoms with Gasteiger partial charge >= 0.3 is 5.56 Å². The van der Waals surface area contributed by atoms with Gasteiger partial charge in [0.1, 0.15) is 0 Å². The number of rotatable bonds is 1. The molecule has 1 heterocycles. The molecule has 0 bridgehead atoms. The first-order chi connectivity index (χ1) is 6.70. The first-order valence-electron chi connectivity index (χ1n) is 3.95. The highest BCUT2D eigenvalue weighted by molar-refractivity contribution is 5.80. The van der Waals surface area contributed by atoms with E-state index in [2.05, 4.69) is 0 Å². The van der Waals surface area contributed by atoms with E-state index in [-0.39, 0.29) is 0 Å². The van der Waals surface area contributed by atoms with Crippen LogP contribution in [0.3, 0.4) is 0 Å². The highest BCUT2D eigenvalue weighted by Gasteiger charge is 2.07. The second kappa shape index (κ2) is 2.95. The van der Waals surface area contributed by atoms with Gasteiger partial charge in [-0.1, -0.05) is 18.2 Å². The van der Waals surface area contributed by atoms with E-state index in [1.807, 2.05) is 0 Å². The molecule has 1 aromatic carbocycles. The molecule has 0 atom stereocenters. The number of hydrogen-bond donors (Lipinski definition) is 0. The van der Waals surface area contributed by atoms with Gasteiger partial charge in [0.25, 0.3) is 0 Å². The van der Waals surface area contributed by atoms with Gasteiger partial charge in [-0.15, -0.1) is 0 Å². The topological polar surface area (TPSA) is 65.1 Å². The molecule has 5 nitrogen and oxygen atoms in total. The van der Waals surface area contributed by atoms with Gasteiger partial charge in [-0.25, -0.2) is 10.1 Å². The zero-order valence-corrected chi connectivity index (χ0v) is 7.08. The smallest absolute Gasteiger partial charge is 0.262 e. The number of hydrogen-bond acceptors (Lipinski definition) is 3. The third-order valence-electron chi connectivity index (χ3n) is 1.97. The second-order valence-corrected chi connectivity index (χ2v) is 2.79. The van der Waals surface area contributed by atoms with Crippen molar-refractivity contribution in [1.29, 1.82) is 0 Å². The normalized spacial score (nSPS) is 10.3. The van der Waals surface area contributed by atoms with E-state index in [4.69, 9.17) is 0 Å². The quantitative estimate of drug-likeness (QED) is 0.498. The molecular weight excluding hydrogens is 184 g/mol. The molecular formula is C9H6N2O3. The Bertz CT molecular complexity index is 559. The maximum absolute atomic E-state index is 11.5. The maximum Gasteiger partial charge on any atom is 0.319 e. The lowest BCUT2D eigenvalue weighted by molar-refractivity contribution is -0.544. The molecule has 2 aromatic rings. The summed E-state index contributed by atoms with van der Waals surface area (Å²) in [7, 11) is 0. The fourth-order valence-corrected chi connectivity index (χ4v) is 1.31. The first-order valence-corrected chi connectivity index (χ1v) is 3.95. The van der Waals surface area contributed by atoms with Gasteiger partial charge in [-0.2, -0.15) is 0 Å². The average Bonchev–Trinajstić information content (AvgIpc) is 2.18. The molecule has 0 radical (unpaired) electrons. The van der Waals surface area contributed by atoms with Crippen molar-refractivity contribution in [3.8, 4) is 0 Å². The van der Waals surface area contributed by atoms with Gasteiger partial charge in [-0.05, 0) is 22.2 Å². The van der Waals surface area contributed by atoms with Gasteiger partial charge < -0.3 is 0 Å². The molecule has 0 aliphatic rings. The van der Waals surface area contributed by atoms with Crippen molar-refractivity contribution in [2.45, 2.75) is 0 Å². The summed E-state index contributed by atoms with van der Waals surface area (Å²) in [4.78, 5) is 21.9. The summed E-state index contributed by atoms with van der Waals surface area (Å²) in [5.74, 6) is 0. The van der Waals surface area contributed by atoms with Crippen LogP contribution in [0.1, 0.15) is 0 Å². The summed E-state index contributed by atoms with van der Waals surface area (Å²) >= 11 is 0. The van der Waals surface area contributed by atoms with Crippen LogP contribution in [0, 0.1) is 10.1 Å². The first kappa shape index (κ1) is 8.43. The van der Waals surface area contributed by atoms with E-state index in [0.717, 1.165) is 6.20 Å². The zero-order valence-electron chi connectivity index (χ0n) is 7.08. The predicted molar refractivity (Wildman–Crippen MR) is 50.6 cm³/mol. The van der Waals surface area contributed by atoms with E-state index < -0.39 is 10.6 Å². The zero-order chi connectivity index (χ0) is 10.1. The number of pyridine rings is 1. The van der Waals surface area contributed by atoms with Crippen molar-refractivity contribution in [3.05, 3.63) is 57.0 Å². The maximum atomic E-state index is 11.5. The van der Waals surface area contributed by atoms with Gasteiger partial charge in [0.15, 0.2) is 5.03 Å². The molecule has 0 saturated heterocycles. The Labute approximate surface area is 78.3 Å². The average molecular weight is 190 g/mol. The number of nitro groups is 1. The summed E-state index contributed by atoms with van der Waals surface area (Å²) in [5.41, 5.74) is -0.604. The Morgan fingerprint density at radius 1 is 1.21 bits per heavy atom. The summed E-state index contributed by atoms with van der Waals surface area (Å²) in [5, 5.41) is 10.8. The van der Waals surface area contributed by atoms with Crippen LogP contribution in [0.15, 0.2) is 41.3 Å². The molecule has 0 N–H and O–H groups in total. The Hall–Kier alpha value is -2.17. The molecule has 0 aliphatic carbocycles. The number of aromatic nitrogens is 1. The van der Waals surface area contributed by atoms with Crippen molar-refractivity contribution < 1.29 is 5.03 Å². The lowest BCUT2D eigenvalue weighted by Crippen LogP contribution is -2.25. The van der Waals surface area contributed by atoms with Crippen molar-refractivity contribution in [2.24, 2.45) is 0 Å². The lowest BCUT2D eigenvalue weighted by Gasteiger charge is -1.97. The fraction of sp³-hybridized carbons (Fsp3) is 0. The molecule has 0 spiro atoms. The van der Waals surface area contributed by atoms with Crippen LogP contribution in [-0.4, -0.2) is 9.71 Å². The largest absolute Gasteiger partial charge is 0.319 e. The minimum Gasteiger partial charge on any atom is -0.262 e. The lowest BCUT2D eigenvalue weighted by atomic mass is 10.2. The fourth-order valence-electron chi connectivity index (χ4n) is 1.31. The molecule has 14 heavy (non-hydrogen) atoms. The SMILES string of the molecule is O=c1c2ccccc2ccn1[N+](=O)[O-]. The molecule has 0 unspecified atom stereocenters. The predicted octanol–water partition coefficient (Wildman–Crippen LogP) is 1.04. The molecule has 70 valence electrons. The van der Waals surface area contributed by atoms with E-state index in [1.54, 1.807) is 30.3 Å². The Morgan fingerprint density at radius 2 is 1.93 bits per heavy atom. The van der Waals surface area contributed by atoms with Gasteiger partial charge in [0, 0.05) is 0 Å². The van der Waals surface area contributed by atoms with Crippen LogP contribution >= 0.6 is 0 Å². The van der Waals surface area contributed by atoms with Crippen LogP contribution < -0.4 is 5.56 Å². The van der Waals surface area contributed by atoms with Crippen molar-refractivity contribution in [2.75, 3.05) is 0 Å². The van der Waals surface area contributed by atoms with E-state index >= 15 is 0 Å². The highest BCUT2D eigenvalue weighted by Crippen LogP contribution is 2.07. The molecule has 1 aromatic heterocycles. The van der Waals surface area contributed by atoms with Gasteiger partial charge in [-0.3, -0.25) is 4.79 Å². The van der Waals surface area contributed by atoms with Crippen LogP contribution in [0.4, 0.5) is 0 Å². The molecule has 0 aliphatic heterocycles. The van der Waals surface area contributed by atoms with Gasteiger partial charge in [0.05, 0.1) is 11.6 Å². The summed E-state index contributed by atoms with van der Waals surface area (Å²) in [6, 6.07) is 8.30. The van der Waals surface area contributed by atoms with Crippen molar-refractivity contribution >= 4 is 10.8 Å². The molecule has 5 heteroatoms. The summed E-state index contributed by atoms with van der Waals surface area (Å²) in [6.45, 7) is 0. The van der Waals surface area contributed by atoms with Crippen LogP contribution in [-0.2, 0) is 0 Å². The minimum absolute atomic E-state index is 0.353. The van der Waals surface area contributed by atoms with E-state index in [1.165, 1.54) is 0 Å². The third kappa shape index (κ3) is 1.15. The number of benzene rings is 1. The van der Waals surface area contributed by atoms with Crippen LogP contribution in [0.25, 0.3) is 10.8 Å². The minimum atomic E-state index is -0.741. The van der Waals surface area contributed by atoms with Crippen LogP contribution in [0.5, 0.6) is 0 Å². The van der Waals surface area contributed by atoms with Gasteiger partial charge in [0.2, 0.25) is 0 Å². The summed E-state index contributed by atoms with van der Waals surface area (Å²) in [6.07, 6.45) is 1.16. The molecule has 0 saturated carbocycles. The second-order valence-electron chi connectivity index (χ2n) is 2.79.